The zero-order valence-corrected chi connectivity index (χ0v) is 14.9. The third-order valence-corrected chi connectivity index (χ3v) is 5.76. The molecule has 0 spiro atoms. The quantitative estimate of drug-likeness (QED) is 0.759. The second kappa shape index (κ2) is 5.16. The first-order valence-corrected chi connectivity index (χ1v) is 9.67. The van der Waals surface area contributed by atoms with E-state index in [2.05, 4.69) is 0 Å². The summed E-state index contributed by atoms with van der Waals surface area (Å²) in [6.07, 6.45) is 1.01. The second-order valence-corrected chi connectivity index (χ2v) is 8.40. The zero-order chi connectivity index (χ0) is 17.9. The summed E-state index contributed by atoms with van der Waals surface area (Å²) in [5.74, 6) is 0.880. The number of hydrogen-bond donors (Lipinski definition) is 1. The van der Waals surface area contributed by atoms with Crippen molar-refractivity contribution in [2.24, 2.45) is 0 Å². The average molecular weight is 358 g/mol. The lowest BCUT2D eigenvalue weighted by Crippen LogP contribution is -2.30. The Morgan fingerprint density at radius 3 is 2.44 bits per heavy atom. The van der Waals surface area contributed by atoms with Gasteiger partial charge in [0.1, 0.15) is 17.1 Å². The first kappa shape index (κ1) is 15.8. The van der Waals surface area contributed by atoms with E-state index in [-0.39, 0.29) is 11.9 Å². The highest BCUT2D eigenvalue weighted by molar-refractivity contribution is 7.90. The van der Waals surface area contributed by atoms with Crippen molar-refractivity contribution in [1.29, 1.82) is 0 Å². The van der Waals surface area contributed by atoms with Crippen molar-refractivity contribution in [1.82, 2.24) is 0 Å². The number of rotatable bonds is 2. The van der Waals surface area contributed by atoms with Gasteiger partial charge < -0.3 is 19.3 Å². The molecule has 1 aromatic heterocycles. The van der Waals surface area contributed by atoms with Gasteiger partial charge in [-0.15, -0.1) is 0 Å². The maximum absolute atomic E-state index is 11.8. The van der Waals surface area contributed by atoms with E-state index in [1.54, 1.807) is 24.3 Å². The van der Waals surface area contributed by atoms with Crippen LogP contribution in [0.3, 0.4) is 0 Å². The van der Waals surface area contributed by atoms with E-state index >= 15 is 0 Å². The fourth-order valence-corrected chi connectivity index (χ4v) is 4.03. The van der Waals surface area contributed by atoms with E-state index in [0.29, 0.717) is 10.5 Å². The van der Waals surface area contributed by atoms with E-state index in [9.17, 15) is 13.5 Å². The minimum Gasteiger partial charge on any atom is -0.508 e. The average Bonchev–Trinajstić information content (AvgIpc) is 3.05. The lowest BCUT2D eigenvalue weighted by atomic mass is 10.2. The van der Waals surface area contributed by atoms with Crippen LogP contribution in [-0.2, 0) is 9.84 Å². The number of nitrogens with zero attached hydrogens (tertiary/aromatic N) is 2. The van der Waals surface area contributed by atoms with Crippen LogP contribution in [0.5, 0.6) is 5.75 Å². The number of phenols is 1. The number of benzene rings is 2. The molecule has 2 heterocycles. The molecule has 0 fully saturated rings. The van der Waals surface area contributed by atoms with E-state index in [1.807, 2.05) is 42.1 Å². The van der Waals surface area contributed by atoms with Crippen LogP contribution in [0.1, 0.15) is 11.9 Å². The van der Waals surface area contributed by atoms with Gasteiger partial charge in [-0.05, 0) is 36.4 Å². The molecule has 25 heavy (non-hydrogen) atoms. The normalized spacial score (nSPS) is 17.3. The molecule has 0 bridgehead atoms. The van der Waals surface area contributed by atoms with Crippen molar-refractivity contribution in [2.75, 3.05) is 30.2 Å². The number of hydrogen-bond acceptors (Lipinski definition) is 6. The molecule has 1 atom stereocenters. The molecule has 0 saturated carbocycles. The van der Waals surface area contributed by atoms with Gasteiger partial charge in [0, 0.05) is 31.8 Å². The van der Waals surface area contributed by atoms with Crippen molar-refractivity contribution >= 4 is 32.2 Å². The Balaban J connectivity index is 1.80. The van der Waals surface area contributed by atoms with Crippen LogP contribution in [0.4, 0.5) is 11.4 Å². The van der Waals surface area contributed by atoms with Gasteiger partial charge in [-0.1, -0.05) is 0 Å². The molecule has 6 nitrogen and oxygen atoms in total. The smallest absolute Gasteiger partial charge is 0.175 e. The van der Waals surface area contributed by atoms with Crippen LogP contribution >= 0.6 is 0 Å². The standard InChI is InChI=1S/C18H18N2O4S/c1-19-14-7-6-13(25(3,22)23)10-15(14)20(2)18(19)17-8-11-4-5-12(21)9-16(11)24-17/h4-10,18,21H,1-3H3. The van der Waals surface area contributed by atoms with Gasteiger partial charge in [0.05, 0.1) is 16.3 Å². The van der Waals surface area contributed by atoms with Gasteiger partial charge in [0.15, 0.2) is 16.0 Å². The van der Waals surface area contributed by atoms with Crippen LogP contribution in [0.25, 0.3) is 11.0 Å². The number of anilines is 2. The first-order valence-electron chi connectivity index (χ1n) is 7.78. The van der Waals surface area contributed by atoms with Crippen LogP contribution < -0.4 is 9.80 Å². The fraction of sp³-hybridized carbons (Fsp3) is 0.222. The Morgan fingerprint density at radius 2 is 1.72 bits per heavy atom. The SMILES string of the molecule is CN1c2ccc(S(C)(=O)=O)cc2N(C)C1c1cc2ccc(O)cc2o1. The Morgan fingerprint density at radius 1 is 1.00 bits per heavy atom. The number of sulfone groups is 1. The Kier molecular flexibility index (Phi) is 3.27. The molecule has 0 saturated heterocycles. The third kappa shape index (κ3) is 2.42. The Hall–Kier alpha value is -2.67. The monoisotopic (exact) mass is 358 g/mol. The molecule has 0 aliphatic carbocycles. The minimum atomic E-state index is -3.27. The maximum atomic E-state index is 11.8. The highest BCUT2D eigenvalue weighted by Crippen LogP contribution is 2.46. The summed E-state index contributed by atoms with van der Waals surface area (Å²) < 4.78 is 29.6. The van der Waals surface area contributed by atoms with E-state index in [1.165, 1.54) is 6.26 Å². The Bertz CT molecular complexity index is 1090. The minimum absolute atomic E-state index is 0.155. The molecule has 7 heteroatoms. The van der Waals surface area contributed by atoms with Gasteiger partial charge in [-0.3, -0.25) is 0 Å². The zero-order valence-electron chi connectivity index (χ0n) is 14.1. The summed E-state index contributed by atoms with van der Waals surface area (Å²) in [7, 11) is 0.580. The topological polar surface area (TPSA) is 74.0 Å². The van der Waals surface area contributed by atoms with Gasteiger partial charge in [0.2, 0.25) is 0 Å². The van der Waals surface area contributed by atoms with Crippen molar-refractivity contribution < 1.29 is 17.9 Å². The highest BCUT2D eigenvalue weighted by Gasteiger charge is 2.35. The Labute approximate surface area is 145 Å². The molecule has 1 unspecified atom stereocenters. The lowest BCUT2D eigenvalue weighted by molar-refractivity contribution is 0.469. The van der Waals surface area contributed by atoms with E-state index in [4.69, 9.17) is 4.42 Å². The summed E-state index contributed by atoms with van der Waals surface area (Å²) >= 11 is 0. The molecular weight excluding hydrogens is 340 g/mol. The highest BCUT2D eigenvalue weighted by atomic mass is 32.2. The van der Waals surface area contributed by atoms with Crippen molar-refractivity contribution in [3.63, 3.8) is 0 Å². The summed E-state index contributed by atoms with van der Waals surface area (Å²) in [6, 6.07) is 12.1. The molecule has 1 N–H and O–H groups in total. The van der Waals surface area contributed by atoms with Crippen molar-refractivity contribution in [3.05, 3.63) is 48.2 Å². The molecule has 4 rings (SSSR count). The van der Waals surface area contributed by atoms with Gasteiger partial charge in [-0.25, -0.2) is 8.42 Å². The van der Waals surface area contributed by atoms with Gasteiger partial charge >= 0.3 is 0 Å². The largest absolute Gasteiger partial charge is 0.508 e. The molecule has 1 aliphatic rings. The molecule has 0 amide bonds. The summed E-state index contributed by atoms with van der Waals surface area (Å²) in [6.45, 7) is 0. The summed E-state index contributed by atoms with van der Waals surface area (Å²) in [4.78, 5) is 4.32. The third-order valence-electron chi connectivity index (χ3n) is 4.65. The fourth-order valence-electron chi connectivity index (χ4n) is 3.39. The predicted octanol–water partition coefficient (Wildman–Crippen LogP) is 3.13. The lowest BCUT2D eigenvalue weighted by Gasteiger charge is -2.25. The second-order valence-electron chi connectivity index (χ2n) is 6.39. The molecule has 130 valence electrons. The summed E-state index contributed by atoms with van der Waals surface area (Å²) in [5, 5.41) is 10.5. The molecular formula is C18H18N2O4S. The summed E-state index contributed by atoms with van der Waals surface area (Å²) in [5.41, 5.74) is 2.38. The van der Waals surface area contributed by atoms with Crippen LogP contribution in [-0.4, -0.2) is 33.9 Å². The van der Waals surface area contributed by atoms with Crippen LogP contribution in [0.2, 0.25) is 0 Å². The van der Waals surface area contributed by atoms with E-state index < -0.39 is 9.84 Å². The molecule has 3 aromatic rings. The predicted molar refractivity (Wildman–Crippen MR) is 97.0 cm³/mol. The van der Waals surface area contributed by atoms with E-state index in [0.717, 1.165) is 22.5 Å². The van der Waals surface area contributed by atoms with Crippen LogP contribution in [0.15, 0.2) is 51.8 Å². The van der Waals surface area contributed by atoms with Gasteiger partial charge in [-0.2, -0.15) is 0 Å². The number of furan rings is 1. The van der Waals surface area contributed by atoms with Crippen LogP contribution in [0, 0.1) is 0 Å². The molecule has 1 aliphatic heterocycles. The number of fused-ring (bicyclic) bond motifs is 2. The van der Waals surface area contributed by atoms with Gasteiger partial charge in [0.25, 0.3) is 0 Å². The number of aromatic hydroxyl groups is 1. The number of phenolic OH excluding ortho intramolecular Hbond substituents is 1. The first-order chi connectivity index (χ1) is 11.8. The molecule has 0 radical (unpaired) electrons. The molecule has 2 aromatic carbocycles. The van der Waals surface area contributed by atoms with Crippen molar-refractivity contribution in [3.8, 4) is 5.75 Å². The maximum Gasteiger partial charge on any atom is 0.175 e. The van der Waals surface area contributed by atoms with Crippen molar-refractivity contribution in [2.45, 2.75) is 11.1 Å².